The molecule has 1 fully saturated rings. The van der Waals surface area contributed by atoms with Crippen LogP contribution in [0.1, 0.15) is 24.0 Å². The number of carbonyl (C=O) groups is 1. The van der Waals surface area contributed by atoms with E-state index in [9.17, 15) is 13.2 Å². The fraction of sp³-hybridized carbons (Fsp3) is 0.381. The Balaban J connectivity index is 1.48. The molecular formula is C21H24N2O4S. The highest BCUT2D eigenvalue weighted by Gasteiger charge is 2.32. The van der Waals surface area contributed by atoms with E-state index in [1.807, 2.05) is 18.2 Å². The number of fused-ring (bicyclic) bond motifs is 1. The average molecular weight is 401 g/mol. The van der Waals surface area contributed by atoms with Gasteiger partial charge in [-0.1, -0.05) is 30.3 Å². The van der Waals surface area contributed by atoms with Crippen LogP contribution < -0.4 is 10.1 Å². The molecule has 148 valence electrons. The van der Waals surface area contributed by atoms with E-state index >= 15 is 0 Å². The molecule has 2 aromatic carbocycles. The van der Waals surface area contributed by atoms with Crippen LogP contribution in [0.3, 0.4) is 0 Å². The summed E-state index contributed by atoms with van der Waals surface area (Å²) in [6, 6.07) is 13.5. The maximum absolute atomic E-state index is 13.2. The summed E-state index contributed by atoms with van der Waals surface area (Å²) in [6.45, 7) is 2.69. The van der Waals surface area contributed by atoms with Crippen molar-refractivity contribution in [3.8, 4) is 5.75 Å². The summed E-state index contributed by atoms with van der Waals surface area (Å²) in [7, 11) is -3.60. The molecule has 28 heavy (non-hydrogen) atoms. The maximum Gasteiger partial charge on any atom is 0.262 e. The number of rotatable bonds is 4. The van der Waals surface area contributed by atoms with Gasteiger partial charge in [-0.3, -0.25) is 4.79 Å². The van der Waals surface area contributed by atoms with E-state index in [0.717, 1.165) is 19.3 Å². The van der Waals surface area contributed by atoms with Crippen LogP contribution in [0.5, 0.6) is 5.75 Å². The lowest BCUT2D eigenvalue weighted by molar-refractivity contribution is -0.118. The third-order valence-electron chi connectivity index (χ3n) is 5.47. The number of carbonyl (C=O) groups excluding carboxylic acids is 1. The first-order valence-corrected chi connectivity index (χ1v) is 11.0. The van der Waals surface area contributed by atoms with E-state index < -0.39 is 10.0 Å². The molecule has 2 aliphatic heterocycles. The van der Waals surface area contributed by atoms with Gasteiger partial charge >= 0.3 is 0 Å². The number of amides is 1. The van der Waals surface area contributed by atoms with Crippen LogP contribution in [0.15, 0.2) is 47.4 Å². The van der Waals surface area contributed by atoms with Crippen LogP contribution in [-0.4, -0.2) is 38.3 Å². The van der Waals surface area contributed by atoms with Gasteiger partial charge in [-0.25, -0.2) is 8.42 Å². The minimum absolute atomic E-state index is 0.0968. The summed E-state index contributed by atoms with van der Waals surface area (Å²) in [6.07, 6.45) is 2.69. The number of piperidine rings is 1. The van der Waals surface area contributed by atoms with Crippen molar-refractivity contribution in [2.45, 2.75) is 31.1 Å². The number of nitrogens with one attached hydrogen (secondary N) is 1. The number of benzene rings is 2. The summed E-state index contributed by atoms with van der Waals surface area (Å²) in [5.41, 5.74) is 2.43. The van der Waals surface area contributed by atoms with Crippen LogP contribution in [0.4, 0.5) is 5.69 Å². The topological polar surface area (TPSA) is 75.7 Å². The summed E-state index contributed by atoms with van der Waals surface area (Å²) in [5, 5.41) is 2.72. The van der Waals surface area contributed by atoms with Gasteiger partial charge in [0.15, 0.2) is 6.61 Å². The van der Waals surface area contributed by atoms with Gasteiger partial charge in [-0.05, 0) is 49.3 Å². The van der Waals surface area contributed by atoms with Crippen molar-refractivity contribution in [2.24, 2.45) is 5.92 Å². The summed E-state index contributed by atoms with van der Waals surface area (Å²) >= 11 is 0. The highest BCUT2D eigenvalue weighted by Crippen LogP contribution is 2.35. The lowest BCUT2D eigenvalue weighted by Gasteiger charge is -2.32. The molecule has 6 nitrogen and oxygen atoms in total. The second-order valence-electron chi connectivity index (χ2n) is 7.49. The molecular weight excluding hydrogens is 376 g/mol. The molecule has 0 aromatic heterocycles. The molecule has 1 saturated heterocycles. The Morgan fingerprint density at radius 3 is 2.57 bits per heavy atom. The number of sulfonamides is 1. The van der Waals surface area contributed by atoms with Gasteiger partial charge in [-0.15, -0.1) is 0 Å². The zero-order chi connectivity index (χ0) is 19.7. The number of aryl methyl sites for hydroxylation is 1. The SMILES string of the molecule is Cc1cc2c(cc1S(=O)(=O)N1CCC(Cc3ccccc3)CC1)OCC(=O)N2. The normalized spacial score (nSPS) is 18.2. The predicted molar refractivity (Wildman–Crippen MR) is 107 cm³/mol. The summed E-state index contributed by atoms with van der Waals surface area (Å²) in [4.78, 5) is 11.7. The Hall–Kier alpha value is -2.38. The molecule has 0 radical (unpaired) electrons. The minimum Gasteiger partial charge on any atom is -0.482 e. The van der Waals surface area contributed by atoms with Gasteiger partial charge in [0.05, 0.1) is 10.6 Å². The first kappa shape index (κ1) is 19.0. The summed E-state index contributed by atoms with van der Waals surface area (Å²) in [5.74, 6) is 0.669. The minimum atomic E-state index is -3.60. The lowest BCUT2D eigenvalue weighted by Crippen LogP contribution is -2.39. The fourth-order valence-electron chi connectivity index (χ4n) is 3.93. The molecule has 4 rings (SSSR count). The van der Waals surface area contributed by atoms with Crippen molar-refractivity contribution < 1.29 is 17.9 Å². The van der Waals surface area contributed by atoms with Crippen LogP contribution >= 0.6 is 0 Å². The maximum atomic E-state index is 13.2. The summed E-state index contributed by atoms with van der Waals surface area (Å²) < 4.78 is 33.4. The fourth-order valence-corrected chi connectivity index (χ4v) is 5.63. The van der Waals surface area contributed by atoms with E-state index in [4.69, 9.17) is 4.74 Å². The van der Waals surface area contributed by atoms with Gasteiger partial charge < -0.3 is 10.1 Å². The van der Waals surface area contributed by atoms with Gasteiger partial charge in [0.2, 0.25) is 10.0 Å². The van der Waals surface area contributed by atoms with Gasteiger partial charge in [-0.2, -0.15) is 4.31 Å². The first-order valence-electron chi connectivity index (χ1n) is 9.55. The van der Waals surface area contributed by atoms with Crippen molar-refractivity contribution in [2.75, 3.05) is 25.0 Å². The highest BCUT2D eigenvalue weighted by molar-refractivity contribution is 7.89. The molecule has 7 heteroatoms. The molecule has 0 bridgehead atoms. The zero-order valence-corrected chi connectivity index (χ0v) is 16.7. The zero-order valence-electron chi connectivity index (χ0n) is 15.8. The molecule has 2 aliphatic rings. The number of nitrogens with zero attached hydrogens (tertiary/aromatic N) is 1. The van der Waals surface area contributed by atoms with Crippen LogP contribution in [0, 0.1) is 12.8 Å². The van der Waals surface area contributed by atoms with Crippen molar-refractivity contribution >= 4 is 21.6 Å². The quantitative estimate of drug-likeness (QED) is 0.856. The molecule has 2 aromatic rings. The van der Waals surface area contributed by atoms with Crippen LogP contribution in [0.2, 0.25) is 0 Å². The van der Waals surface area contributed by atoms with Crippen molar-refractivity contribution in [1.29, 1.82) is 0 Å². The largest absolute Gasteiger partial charge is 0.482 e. The Morgan fingerprint density at radius 1 is 1.14 bits per heavy atom. The number of hydrogen-bond donors (Lipinski definition) is 1. The molecule has 0 unspecified atom stereocenters. The highest BCUT2D eigenvalue weighted by atomic mass is 32.2. The molecule has 0 atom stereocenters. The van der Waals surface area contributed by atoms with Crippen LogP contribution in [-0.2, 0) is 21.2 Å². The van der Waals surface area contributed by atoms with E-state index in [2.05, 4.69) is 17.4 Å². The van der Waals surface area contributed by atoms with Gasteiger partial charge in [0.1, 0.15) is 5.75 Å². The van der Waals surface area contributed by atoms with E-state index in [1.165, 1.54) is 11.6 Å². The monoisotopic (exact) mass is 400 g/mol. The van der Waals surface area contributed by atoms with Crippen molar-refractivity contribution in [3.05, 3.63) is 53.6 Å². The molecule has 1 N–H and O–H groups in total. The third kappa shape index (κ3) is 3.77. The van der Waals surface area contributed by atoms with Crippen LogP contribution in [0.25, 0.3) is 0 Å². The second kappa shape index (κ2) is 7.56. The number of ether oxygens (including phenoxy) is 1. The Morgan fingerprint density at radius 2 is 1.86 bits per heavy atom. The second-order valence-corrected chi connectivity index (χ2v) is 9.39. The Bertz CT molecular complexity index is 981. The molecule has 1 amide bonds. The van der Waals surface area contributed by atoms with Crippen molar-refractivity contribution in [1.82, 2.24) is 4.31 Å². The van der Waals surface area contributed by atoms with Gasteiger partial charge in [0, 0.05) is 19.2 Å². The first-order chi connectivity index (χ1) is 13.4. The average Bonchev–Trinajstić information content (AvgIpc) is 2.68. The smallest absolute Gasteiger partial charge is 0.262 e. The van der Waals surface area contributed by atoms with Crippen molar-refractivity contribution in [3.63, 3.8) is 0 Å². The predicted octanol–water partition coefficient (Wildman–Crippen LogP) is 2.97. The lowest BCUT2D eigenvalue weighted by atomic mass is 9.91. The Kier molecular flexibility index (Phi) is 5.12. The van der Waals surface area contributed by atoms with E-state index in [-0.39, 0.29) is 17.4 Å². The van der Waals surface area contributed by atoms with E-state index in [0.29, 0.717) is 36.0 Å². The number of hydrogen-bond acceptors (Lipinski definition) is 4. The number of anilines is 1. The molecule has 0 spiro atoms. The standard InChI is InChI=1S/C21H24N2O4S/c1-15-11-18-19(27-14-21(24)22-18)13-20(15)28(25,26)23-9-7-17(8-10-23)12-16-5-3-2-4-6-16/h2-6,11,13,17H,7-10,12,14H2,1H3,(H,22,24). The molecule has 2 heterocycles. The van der Waals surface area contributed by atoms with Gasteiger partial charge in [0.25, 0.3) is 5.91 Å². The Labute approximate surface area is 165 Å². The third-order valence-corrected chi connectivity index (χ3v) is 7.51. The molecule has 0 saturated carbocycles. The van der Waals surface area contributed by atoms with E-state index in [1.54, 1.807) is 17.3 Å². The molecule has 0 aliphatic carbocycles.